The first-order valence-electron chi connectivity index (χ1n) is 9.27. The number of carbonyl (C=O) groups is 1. The molecule has 0 saturated carbocycles. The summed E-state index contributed by atoms with van der Waals surface area (Å²) in [6.07, 6.45) is 4.41. The molecular formula is C22H25BrN2O3. The summed E-state index contributed by atoms with van der Waals surface area (Å²) in [6, 6.07) is 13.9. The maximum Gasteiger partial charge on any atom is 0.244 e. The predicted octanol–water partition coefficient (Wildman–Crippen LogP) is 4.12. The minimum atomic E-state index is -0.0873. The second-order valence-electron chi connectivity index (χ2n) is 6.77. The zero-order valence-corrected chi connectivity index (χ0v) is 17.7. The molecule has 0 aliphatic carbocycles. The van der Waals surface area contributed by atoms with Gasteiger partial charge in [-0.2, -0.15) is 0 Å². The van der Waals surface area contributed by atoms with E-state index in [4.69, 9.17) is 9.47 Å². The summed E-state index contributed by atoms with van der Waals surface area (Å²) >= 11 is 3.52. The van der Waals surface area contributed by atoms with E-state index in [-0.39, 0.29) is 5.91 Å². The standard InChI is InChI=1S/C22H25BrN2O3/c1-27-20-8-6-16(12-21(20)28-2)7-9-22(26)24-14-17-10-11-25(15-17)19-5-3-4-18(23)13-19/h3-9,12-13,17H,10-11,14-15H2,1-2H3,(H,24,26). The second-order valence-corrected chi connectivity index (χ2v) is 7.69. The summed E-state index contributed by atoms with van der Waals surface area (Å²) in [6.45, 7) is 2.65. The number of halogens is 1. The highest BCUT2D eigenvalue weighted by Gasteiger charge is 2.22. The van der Waals surface area contributed by atoms with Gasteiger partial charge in [-0.1, -0.05) is 28.1 Å². The van der Waals surface area contributed by atoms with E-state index in [1.807, 2.05) is 30.3 Å². The van der Waals surface area contributed by atoms with Gasteiger partial charge in [-0.25, -0.2) is 0 Å². The van der Waals surface area contributed by atoms with Crippen LogP contribution in [0.25, 0.3) is 6.08 Å². The molecule has 2 aromatic rings. The molecule has 1 fully saturated rings. The predicted molar refractivity (Wildman–Crippen MR) is 116 cm³/mol. The quantitative estimate of drug-likeness (QED) is 0.652. The molecule has 0 radical (unpaired) electrons. The number of rotatable bonds is 7. The van der Waals surface area contributed by atoms with Crippen molar-refractivity contribution in [2.24, 2.45) is 5.92 Å². The lowest BCUT2D eigenvalue weighted by Crippen LogP contribution is -2.29. The molecule has 148 valence electrons. The van der Waals surface area contributed by atoms with Crippen molar-refractivity contribution in [3.63, 3.8) is 0 Å². The maximum atomic E-state index is 12.2. The number of hydrogen-bond acceptors (Lipinski definition) is 4. The summed E-state index contributed by atoms with van der Waals surface area (Å²) in [5, 5.41) is 3.01. The summed E-state index contributed by atoms with van der Waals surface area (Å²) < 4.78 is 11.6. The SMILES string of the molecule is COc1ccc(C=CC(=O)NCC2CCN(c3cccc(Br)c3)C2)cc1OC. The van der Waals surface area contributed by atoms with Crippen molar-refractivity contribution in [1.82, 2.24) is 5.32 Å². The highest BCUT2D eigenvalue weighted by Crippen LogP contribution is 2.28. The Bertz CT molecular complexity index is 853. The number of carbonyl (C=O) groups excluding carboxylic acids is 1. The van der Waals surface area contributed by atoms with Crippen molar-refractivity contribution in [2.75, 3.05) is 38.8 Å². The van der Waals surface area contributed by atoms with Crippen LogP contribution in [0.3, 0.4) is 0 Å². The zero-order valence-electron chi connectivity index (χ0n) is 16.2. The maximum absolute atomic E-state index is 12.2. The third-order valence-electron chi connectivity index (χ3n) is 4.86. The summed E-state index contributed by atoms with van der Waals surface area (Å²) in [5.41, 5.74) is 2.10. The van der Waals surface area contributed by atoms with Crippen molar-refractivity contribution in [3.8, 4) is 11.5 Å². The Morgan fingerprint density at radius 3 is 2.79 bits per heavy atom. The van der Waals surface area contributed by atoms with E-state index in [0.717, 1.165) is 29.5 Å². The van der Waals surface area contributed by atoms with Gasteiger partial charge in [0, 0.05) is 35.9 Å². The van der Waals surface area contributed by atoms with Crippen LogP contribution in [0.5, 0.6) is 11.5 Å². The topological polar surface area (TPSA) is 50.8 Å². The van der Waals surface area contributed by atoms with Gasteiger partial charge in [0.25, 0.3) is 0 Å². The summed E-state index contributed by atoms with van der Waals surface area (Å²) in [7, 11) is 3.19. The average molecular weight is 445 g/mol. The molecule has 28 heavy (non-hydrogen) atoms. The van der Waals surface area contributed by atoms with Gasteiger partial charge >= 0.3 is 0 Å². The molecule has 1 N–H and O–H groups in total. The van der Waals surface area contributed by atoms with Crippen LogP contribution in [0.1, 0.15) is 12.0 Å². The molecule has 1 amide bonds. The van der Waals surface area contributed by atoms with Gasteiger partial charge in [-0.05, 0) is 54.3 Å². The molecule has 0 aromatic heterocycles. The molecule has 1 unspecified atom stereocenters. The fourth-order valence-electron chi connectivity index (χ4n) is 3.34. The third kappa shape index (κ3) is 5.29. The smallest absolute Gasteiger partial charge is 0.244 e. The minimum Gasteiger partial charge on any atom is -0.493 e. The van der Waals surface area contributed by atoms with Gasteiger partial charge in [0.2, 0.25) is 5.91 Å². The van der Waals surface area contributed by atoms with E-state index in [0.29, 0.717) is 24.0 Å². The molecule has 1 saturated heterocycles. The number of benzene rings is 2. The van der Waals surface area contributed by atoms with E-state index >= 15 is 0 Å². The van der Waals surface area contributed by atoms with E-state index < -0.39 is 0 Å². The van der Waals surface area contributed by atoms with Crippen molar-refractivity contribution in [2.45, 2.75) is 6.42 Å². The number of nitrogens with one attached hydrogen (secondary N) is 1. The van der Waals surface area contributed by atoms with Gasteiger partial charge in [-0.3, -0.25) is 4.79 Å². The number of methoxy groups -OCH3 is 2. The molecule has 6 heteroatoms. The first-order valence-corrected chi connectivity index (χ1v) is 10.1. The Balaban J connectivity index is 1.49. The van der Waals surface area contributed by atoms with Crippen LogP contribution in [-0.2, 0) is 4.79 Å². The molecule has 3 rings (SSSR count). The Morgan fingerprint density at radius 1 is 1.21 bits per heavy atom. The number of nitrogens with zero attached hydrogens (tertiary/aromatic N) is 1. The van der Waals surface area contributed by atoms with Crippen molar-refractivity contribution in [1.29, 1.82) is 0 Å². The van der Waals surface area contributed by atoms with Crippen LogP contribution in [0, 0.1) is 5.92 Å². The lowest BCUT2D eigenvalue weighted by Gasteiger charge is -2.19. The number of hydrogen-bond donors (Lipinski definition) is 1. The fraction of sp³-hybridized carbons (Fsp3) is 0.318. The van der Waals surface area contributed by atoms with E-state index in [2.05, 4.69) is 38.3 Å². The lowest BCUT2D eigenvalue weighted by molar-refractivity contribution is -0.116. The molecule has 5 nitrogen and oxygen atoms in total. The van der Waals surface area contributed by atoms with Crippen molar-refractivity contribution < 1.29 is 14.3 Å². The highest BCUT2D eigenvalue weighted by molar-refractivity contribution is 9.10. The first-order chi connectivity index (χ1) is 13.6. The number of ether oxygens (including phenoxy) is 2. The van der Waals surface area contributed by atoms with Crippen LogP contribution in [-0.4, -0.2) is 39.8 Å². The highest BCUT2D eigenvalue weighted by atomic mass is 79.9. The van der Waals surface area contributed by atoms with Gasteiger partial charge in [-0.15, -0.1) is 0 Å². The molecule has 0 spiro atoms. The Labute approximate surface area is 174 Å². The van der Waals surface area contributed by atoms with Gasteiger partial charge in [0.05, 0.1) is 14.2 Å². The monoisotopic (exact) mass is 444 g/mol. The normalized spacial score (nSPS) is 16.4. The van der Waals surface area contributed by atoms with E-state index in [9.17, 15) is 4.79 Å². The molecule has 2 aromatic carbocycles. The van der Waals surface area contributed by atoms with E-state index in [1.165, 1.54) is 5.69 Å². The molecule has 1 heterocycles. The van der Waals surface area contributed by atoms with Crippen molar-refractivity contribution >= 4 is 33.6 Å². The zero-order chi connectivity index (χ0) is 19.9. The van der Waals surface area contributed by atoms with Gasteiger partial charge in [0.1, 0.15) is 0 Å². The van der Waals surface area contributed by atoms with Gasteiger partial charge < -0.3 is 19.7 Å². The van der Waals surface area contributed by atoms with E-state index in [1.54, 1.807) is 26.4 Å². The first kappa shape index (κ1) is 20.3. The molecule has 0 bridgehead atoms. The molecule has 1 atom stereocenters. The minimum absolute atomic E-state index is 0.0873. The van der Waals surface area contributed by atoms with Crippen LogP contribution >= 0.6 is 15.9 Å². The largest absolute Gasteiger partial charge is 0.493 e. The van der Waals surface area contributed by atoms with Crippen molar-refractivity contribution in [3.05, 3.63) is 58.6 Å². The Kier molecular flexibility index (Phi) is 6.98. The average Bonchev–Trinajstić information content (AvgIpc) is 3.19. The molecule has 1 aliphatic heterocycles. The molecular weight excluding hydrogens is 420 g/mol. The third-order valence-corrected chi connectivity index (χ3v) is 5.35. The van der Waals surface area contributed by atoms with Crippen LogP contribution in [0.15, 0.2) is 53.0 Å². The summed E-state index contributed by atoms with van der Waals surface area (Å²) in [4.78, 5) is 14.5. The van der Waals surface area contributed by atoms with Crippen LogP contribution in [0.4, 0.5) is 5.69 Å². The van der Waals surface area contributed by atoms with Gasteiger partial charge in [0.15, 0.2) is 11.5 Å². The Hall–Kier alpha value is -2.47. The second kappa shape index (κ2) is 9.64. The lowest BCUT2D eigenvalue weighted by atomic mass is 10.1. The molecule has 1 aliphatic rings. The fourth-order valence-corrected chi connectivity index (χ4v) is 3.73. The number of anilines is 1. The Morgan fingerprint density at radius 2 is 2.04 bits per heavy atom. The summed E-state index contributed by atoms with van der Waals surface area (Å²) in [5.74, 6) is 1.68. The van der Waals surface area contributed by atoms with Crippen LogP contribution < -0.4 is 19.7 Å². The van der Waals surface area contributed by atoms with Crippen LogP contribution in [0.2, 0.25) is 0 Å². The number of amides is 1.